The smallest absolute Gasteiger partial charge is 0.279 e. The first kappa shape index (κ1) is 19.0. The van der Waals surface area contributed by atoms with E-state index in [2.05, 4.69) is 15.3 Å². The van der Waals surface area contributed by atoms with Gasteiger partial charge in [0.1, 0.15) is 12.4 Å². The van der Waals surface area contributed by atoms with Crippen molar-refractivity contribution in [2.45, 2.75) is 13.5 Å². The molecule has 1 amide bonds. The number of carbonyl (C=O) groups is 1. The fourth-order valence-corrected chi connectivity index (χ4v) is 2.99. The number of para-hydroxylation sites is 1. The molecule has 0 bridgehead atoms. The number of aromatic nitrogens is 2. The second-order valence-electron chi connectivity index (χ2n) is 6.16. The molecule has 0 spiro atoms. The normalized spacial score (nSPS) is 12.1. The molecular formula is C19H19ClFN4O2+. The predicted molar refractivity (Wildman–Crippen MR) is 102 cm³/mol. The Morgan fingerprint density at radius 1 is 1.30 bits per heavy atom. The van der Waals surface area contributed by atoms with Crippen LogP contribution in [-0.4, -0.2) is 29.0 Å². The Morgan fingerprint density at radius 2 is 2.07 bits per heavy atom. The highest BCUT2D eigenvalue weighted by atomic mass is 35.5. The third kappa shape index (κ3) is 4.69. The van der Waals surface area contributed by atoms with Crippen LogP contribution >= 0.6 is 11.6 Å². The summed E-state index contributed by atoms with van der Waals surface area (Å²) >= 11 is 5.94. The summed E-state index contributed by atoms with van der Waals surface area (Å²) in [5.41, 5.74) is 0.776. The molecule has 1 atom stereocenters. The van der Waals surface area contributed by atoms with E-state index < -0.39 is 5.82 Å². The molecule has 1 unspecified atom stereocenters. The van der Waals surface area contributed by atoms with Crippen LogP contribution in [0.4, 0.5) is 10.1 Å². The van der Waals surface area contributed by atoms with Crippen molar-refractivity contribution in [3.05, 3.63) is 69.5 Å². The molecule has 0 saturated heterocycles. The van der Waals surface area contributed by atoms with Crippen molar-refractivity contribution in [3.8, 4) is 0 Å². The first-order valence-electron chi connectivity index (χ1n) is 8.52. The molecule has 140 valence electrons. The van der Waals surface area contributed by atoms with Gasteiger partial charge in [0.05, 0.1) is 28.2 Å². The molecular weight excluding hydrogens is 371 g/mol. The van der Waals surface area contributed by atoms with Gasteiger partial charge in [-0.3, -0.25) is 9.59 Å². The summed E-state index contributed by atoms with van der Waals surface area (Å²) in [6.07, 6.45) is 0. The average molecular weight is 390 g/mol. The number of likely N-dealkylation sites (N-methyl/N-ethyl adjacent to an activating group) is 1. The lowest BCUT2D eigenvalue weighted by Crippen LogP contribution is -3.11. The number of quaternary nitrogens is 1. The molecule has 1 heterocycles. The van der Waals surface area contributed by atoms with Crippen LogP contribution in [0.15, 0.2) is 47.3 Å². The summed E-state index contributed by atoms with van der Waals surface area (Å²) in [4.78, 5) is 32.6. The van der Waals surface area contributed by atoms with Gasteiger partial charge in [-0.25, -0.2) is 9.37 Å². The number of benzene rings is 2. The van der Waals surface area contributed by atoms with E-state index in [-0.39, 0.29) is 23.0 Å². The molecule has 6 nitrogen and oxygen atoms in total. The zero-order valence-electron chi connectivity index (χ0n) is 14.7. The highest BCUT2D eigenvalue weighted by molar-refractivity contribution is 6.33. The number of fused-ring (bicyclic) bond motifs is 1. The molecule has 1 aromatic heterocycles. The van der Waals surface area contributed by atoms with E-state index >= 15 is 0 Å². The third-order valence-electron chi connectivity index (χ3n) is 4.20. The van der Waals surface area contributed by atoms with Crippen LogP contribution < -0.4 is 15.8 Å². The largest absolute Gasteiger partial charge is 0.321 e. The van der Waals surface area contributed by atoms with Crippen LogP contribution in [-0.2, 0) is 11.3 Å². The van der Waals surface area contributed by atoms with Crippen LogP contribution in [0.3, 0.4) is 0 Å². The van der Waals surface area contributed by atoms with Crippen molar-refractivity contribution in [2.75, 3.05) is 18.4 Å². The standard InChI is InChI=1S/C19H18ClFN4O2/c1-2-25(11-18(26)23-16-8-7-12(21)9-14(16)20)10-17-22-15-6-4-3-5-13(15)19(27)24-17/h3-9H,2,10-11H2,1H3,(H,23,26)(H,22,24,27)/p+1. The quantitative estimate of drug-likeness (QED) is 0.601. The van der Waals surface area contributed by atoms with E-state index in [4.69, 9.17) is 11.6 Å². The Balaban J connectivity index is 1.70. The fraction of sp³-hybridized carbons (Fsp3) is 0.211. The zero-order valence-corrected chi connectivity index (χ0v) is 15.4. The number of nitrogens with zero attached hydrogens (tertiary/aromatic N) is 1. The molecule has 0 aliphatic heterocycles. The maximum absolute atomic E-state index is 13.1. The summed E-state index contributed by atoms with van der Waals surface area (Å²) in [6.45, 7) is 3.13. The first-order chi connectivity index (χ1) is 13.0. The van der Waals surface area contributed by atoms with Crippen LogP contribution in [0.5, 0.6) is 0 Å². The fourth-order valence-electron chi connectivity index (χ4n) is 2.78. The zero-order chi connectivity index (χ0) is 19.4. The molecule has 3 rings (SSSR count). The van der Waals surface area contributed by atoms with Gasteiger partial charge < -0.3 is 15.2 Å². The van der Waals surface area contributed by atoms with Gasteiger partial charge in [0.15, 0.2) is 12.4 Å². The third-order valence-corrected chi connectivity index (χ3v) is 4.51. The van der Waals surface area contributed by atoms with Gasteiger partial charge in [0, 0.05) is 0 Å². The van der Waals surface area contributed by atoms with Gasteiger partial charge in [0.2, 0.25) is 0 Å². The van der Waals surface area contributed by atoms with Gasteiger partial charge in [-0.15, -0.1) is 0 Å². The number of amides is 1. The lowest BCUT2D eigenvalue weighted by molar-refractivity contribution is -0.904. The highest BCUT2D eigenvalue weighted by Gasteiger charge is 2.16. The molecule has 3 N–H and O–H groups in total. The lowest BCUT2D eigenvalue weighted by Gasteiger charge is -2.17. The van der Waals surface area contributed by atoms with E-state index in [1.807, 2.05) is 13.0 Å². The van der Waals surface area contributed by atoms with Crippen LogP contribution in [0.1, 0.15) is 12.7 Å². The summed E-state index contributed by atoms with van der Waals surface area (Å²) in [5.74, 6) is -0.211. The van der Waals surface area contributed by atoms with Crippen molar-refractivity contribution < 1.29 is 14.1 Å². The van der Waals surface area contributed by atoms with Crippen molar-refractivity contribution in [3.63, 3.8) is 0 Å². The first-order valence-corrected chi connectivity index (χ1v) is 8.90. The monoisotopic (exact) mass is 389 g/mol. The maximum atomic E-state index is 13.1. The summed E-state index contributed by atoms with van der Waals surface area (Å²) in [7, 11) is 0. The Morgan fingerprint density at radius 3 is 2.81 bits per heavy atom. The van der Waals surface area contributed by atoms with Gasteiger partial charge in [0.25, 0.3) is 11.5 Å². The molecule has 0 fully saturated rings. The molecule has 0 saturated carbocycles. The second kappa shape index (κ2) is 8.28. The van der Waals surface area contributed by atoms with Gasteiger partial charge in [-0.05, 0) is 37.3 Å². The summed E-state index contributed by atoms with van der Waals surface area (Å²) < 4.78 is 13.1. The second-order valence-corrected chi connectivity index (χ2v) is 6.57. The number of halogens is 2. The minimum atomic E-state index is -0.467. The SMILES string of the molecule is CC[NH+](CC(=O)Nc1ccc(F)cc1Cl)Cc1nc2ccccc2c(=O)[nH]1. The number of hydrogen-bond acceptors (Lipinski definition) is 3. The Bertz CT molecular complexity index is 1040. The van der Waals surface area contributed by atoms with Gasteiger partial charge in [-0.1, -0.05) is 23.7 Å². The number of H-pyrrole nitrogens is 1. The number of anilines is 1. The minimum absolute atomic E-state index is 0.141. The van der Waals surface area contributed by atoms with E-state index in [0.717, 1.165) is 11.0 Å². The van der Waals surface area contributed by atoms with Crippen LogP contribution in [0, 0.1) is 5.82 Å². The summed E-state index contributed by atoms with van der Waals surface area (Å²) in [5, 5.41) is 3.35. The van der Waals surface area contributed by atoms with Crippen molar-refractivity contribution in [1.82, 2.24) is 9.97 Å². The number of aromatic amines is 1. The number of rotatable bonds is 6. The Hall–Kier alpha value is -2.77. The molecule has 0 aliphatic carbocycles. The van der Waals surface area contributed by atoms with E-state index in [0.29, 0.717) is 35.5 Å². The van der Waals surface area contributed by atoms with Gasteiger partial charge in [-0.2, -0.15) is 0 Å². The van der Waals surface area contributed by atoms with E-state index in [1.54, 1.807) is 18.2 Å². The van der Waals surface area contributed by atoms with Crippen LogP contribution in [0.25, 0.3) is 10.9 Å². The molecule has 2 aromatic carbocycles. The Kier molecular flexibility index (Phi) is 5.83. The minimum Gasteiger partial charge on any atom is -0.321 e. The van der Waals surface area contributed by atoms with Crippen molar-refractivity contribution in [2.24, 2.45) is 0 Å². The topological polar surface area (TPSA) is 79.3 Å². The Labute approximate surface area is 160 Å². The van der Waals surface area contributed by atoms with E-state index in [1.165, 1.54) is 12.1 Å². The highest BCUT2D eigenvalue weighted by Crippen LogP contribution is 2.22. The van der Waals surface area contributed by atoms with Gasteiger partial charge >= 0.3 is 0 Å². The predicted octanol–water partition coefficient (Wildman–Crippen LogP) is 1.76. The van der Waals surface area contributed by atoms with Crippen molar-refractivity contribution >= 4 is 34.1 Å². The number of hydrogen-bond donors (Lipinski definition) is 3. The maximum Gasteiger partial charge on any atom is 0.279 e. The van der Waals surface area contributed by atoms with Crippen molar-refractivity contribution in [1.29, 1.82) is 0 Å². The molecule has 0 radical (unpaired) electrons. The average Bonchev–Trinajstić information content (AvgIpc) is 2.63. The molecule has 0 aliphatic rings. The summed E-state index contributed by atoms with van der Waals surface area (Å²) in [6, 6.07) is 10.9. The number of nitrogens with one attached hydrogen (secondary N) is 3. The molecule has 27 heavy (non-hydrogen) atoms. The molecule has 8 heteroatoms. The molecule has 3 aromatic rings. The van der Waals surface area contributed by atoms with E-state index in [9.17, 15) is 14.0 Å². The van der Waals surface area contributed by atoms with Crippen LogP contribution in [0.2, 0.25) is 5.02 Å². The lowest BCUT2D eigenvalue weighted by atomic mass is 10.2. The number of carbonyl (C=O) groups excluding carboxylic acids is 1.